The fourth-order valence-corrected chi connectivity index (χ4v) is 5.23. The highest BCUT2D eigenvalue weighted by Gasteiger charge is 2.40. The summed E-state index contributed by atoms with van der Waals surface area (Å²) in [6.45, 7) is 10.8. The second kappa shape index (κ2) is 8.19. The Balaban J connectivity index is 1.75. The number of amides is 1. The summed E-state index contributed by atoms with van der Waals surface area (Å²) in [6.07, 6.45) is 2.64. The maximum atomic E-state index is 14.7. The number of hydrogen-bond donors (Lipinski definition) is 1. The number of aromatic nitrogens is 1. The van der Waals surface area contributed by atoms with Crippen molar-refractivity contribution in [2.24, 2.45) is 11.7 Å². The first-order chi connectivity index (χ1) is 15.0. The van der Waals surface area contributed by atoms with E-state index >= 15 is 0 Å². The van der Waals surface area contributed by atoms with Crippen molar-refractivity contribution in [1.82, 2.24) is 9.88 Å². The first-order valence-corrected chi connectivity index (χ1v) is 11.2. The van der Waals surface area contributed by atoms with Gasteiger partial charge in [-0.25, -0.2) is 13.8 Å². The number of benzene rings is 1. The van der Waals surface area contributed by atoms with Gasteiger partial charge in [0.2, 0.25) is 0 Å². The van der Waals surface area contributed by atoms with Crippen molar-refractivity contribution in [2.45, 2.75) is 58.1 Å². The summed E-state index contributed by atoms with van der Waals surface area (Å²) in [5.74, 6) is -1.49. The fourth-order valence-electron chi connectivity index (χ4n) is 5.23. The molecule has 172 valence electrons. The summed E-state index contributed by atoms with van der Waals surface area (Å²) < 4.78 is 34.1. The molecule has 1 fully saturated rings. The Morgan fingerprint density at radius 2 is 1.97 bits per heavy atom. The predicted molar refractivity (Wildman–Crippen MR) is 119 cm³/mol. The van der Waals surface area contributed by atoms with Gasteiger partial charge in [-0.1, -0.05) is 0 Å². The quantitative estimate of drug-likeness (QED) is 0.759. The van der Waals surface area contributed by atoms with Gasteiger partial charge < -0.3 is 10.5 Å². The van der Waals surface area contributed by atoms with Crippen LogP contribution in [0.25, 0.3) is 11.1 Å². The molecule has 0 bridgehead atoms. The normalized spacial score (nSPS) is 22.4. The highest BCUT2D eigenvalue weighted by molar-refractivity contribution is 5.92. The summed E-state index contributed by atoms with van der Waals surface area (Å²) >= 11 is 0. The van der Waals surface area contributed by atoms with Crippen LogP contribution in [0.5, 0.6) is 0 Å². The molecule has 0 unspecified atom stereocenters. The molecular weight excluding hydrogens is 412 g/mol. The standard InChI is InChI=1S/C25H31F2N3O2/c1-24(2)13-15(8-10-32-24)14-30-9-7-18-19(17-6-5-16(26)11-20(17)27)12-21(23(28)31)29-22(18)25(30,3)4/h5-6,11-12,15H,7-10,13-14H2,1-4H3,(H2,28,31)/t15-/m0/s1. The molecule has 0 saturated carbocycles. The molecule has 2 aliphatic rings. The zero-order chi connectivity index (χ0) is 23.3. The van der Waals surface area contributed by atoms with Gasteiger partial charge in [0, 0.05) is 31.3 Å². The van der Waals surface area contributed by atoms with Crippen LogP contribution in [-0.4, -0.2) is 41.1 Å². The lowest BCUT2D eigenvalue weighted by Gasteiger charge is -2.46. The summed E-state index contributed by atoms with van der Waals surface area (Å²) in [7, 11) is 0. The number of carbonyl (C=O) groups excluding carboxylic acids is 1. The van der Waals surface area contributed by atoms with E-state index in [4.69, 9.17) is 10.5 Å². The van der Waals surface area contributed by atoms with E-state index in [1.165, 1.54) is 18.2 Å². The summed E-state index contributed by atoms with van der Waals surface area (Å²) in [4.78, 5) is 19.1. The largest absolute Gasteiger partial charge is 0.376 e. The minimum absolute atomic E-state index is 0.0876. The van der Waals surface area contributed by atoms with E-state index in [1.54, 1.807) is 0 Å². The van der Waals surface area contributed by atoms with Crippen LogP contribution in [0.15, 0.2) is 24.3 Å². The fraction of sp³-hybridized carbons (Fsp3) is 0.520. The third kappa shape index (κ3) is 4.28. The summed E-state index contributed by atoms with van der Waals surface area (Å²) in [6, 6.07) is 5.03. The molecule has 1 atom stereocenters. The van der Waals surface area contributed by atoms with E-state index in [0.717, 1.165) is 49.9 Å². The monoisotopic (exact) mass is 443 g/mol. The lowest BCUT2D eigenvalue weighted by atomic mass is 9.81. The second-order valence-electron chi connectivity index (χ2n) is 10.1. The number of primary amides is 1. The Hall–Kier alpha value is -2.38. The topological polar surface area (TPSA) is 68.5 Å². The number of hydrogen-bond acceptors (Lipinski definition) is 4. The average Bonchev–Trinajstić information content (AvgIpc) is 2.69. The molecule has 0 spiro atoms. The van der Waals surface area contributed by atoms with E-state index in [9.17, 15) is 13.6 Å². The van der Waals surface area contributed by atoms with E-state index < -0.39 is 23.1 Å². The number of ether oxygens (including phenoxy) is 1. The first-order valence-electron chi connectivity index (χ1n) is 11.2. The van der Waals surface area contributed by atoms with Crippen molar-refractivity contribution in [3.8, 4) is 11.1 Å². The van der Waals surface area contributed by atoms with Crippen molar-refractivity contribution >= 4 is 5.91 Å². The molecule has 32 heavy (non-hydrogen) atoms. The Morgan fingerprint density at radius 3 is 2.62 bits per heavy atom. The Kier molecular flexibility index (Phi) is 5.84. The minimum Gasteiger partial charge on any atom is -0.376 e. The molecule has 7 heteroatoms. The Bertz CT molecular complexity index is 1050. The minimum atomic E-state index is -0.671. The van der Waals surface area contributed by atoms with Crippen molar-refractivity contribution in [1.29, 1.82) is 0 Å². The third-order valence-electron chi connectivity index (χ3n) is 6.88. The van der Waals surface area contributed by atoms with E-state index in [-0.39, 0.29) is 16.9 Å². The van der Waals surface area contributed by atoms with Crippen molar-refractivity contribution in [3.63, 3.8) is 0 Å². The summed E-state index contributed by atoms with van der Waals surface area (Å²) in [5, 5.41) is 0. The highest BCUT2D eigenvalue weighted by atomic mass is 19.1. The zero-order valence-electron chi connectivity index (χ0n) is 19.2. The van der Waals surface area contributed by atoms with Crippen LogP contribution in [0.1, 0.15) is 62.3 Å². The number of carbonyl (C=O) groups is 1. The van der Waals surface area contributed by atoms with Gasteiger partial charge in [-0.05, 0) is 82.2 Å². The van der Waals surface area contributed by atoms with Crippen LogP contribution >= 0.6 is 0 Å². The third-order valence-corrected chi connectivity index (χ3v) is 6.88. The number of nitrogens with two attached hydrogens (primary N) is 1. The van der Waals surface area contributed by atoms with Gasteiger partial charge in [-0.3, -0.25) is 9.69 Å². The van der Waals surface area contributed by atoms with Gasteiger partial charge in [0.05, 0.1) is 16.8 Å². The SMILES string of the molecule is CC1(C)C[C@@H](CN2CCc3c(-c4ccc(F)cc4F)cc(C(N)=O)nc3C2(C)C)CCO1. The first kappa shape index (κ1) is 22.8. The molecule has 3 heterocycles. The van der Waals surface area contributed by atoms with Crippen molar-refractivity contribution in [3.05, 3.63) is 52.9 Å². The summed E-state index contributed by atoms with van der Waals surface area (Å²) in [5.41, 5.74) is 7.47. The van der Waals surface area contributed by atoms with Crippen LogP contribution in [0, 0.1) is 17.6 Å². The predicted octanol–water partition coefficient (Wildman–Crippen LogP) is 4.42. The van der Waals surface area contributed by atoms with Gasteiger partial charge >= 0.3 is 0 Å². The van der Waals surface area contributed by atoms with Gasteiger partial charge in [0.15, 0.2) is 0 Å². The van der Waals surface area contributed by atoms with E-state index in [1.807, 2.05) is 0 Å². The smallest absolute Gasteiger partial charge is 0.267 e. The van der Waals surface area contributed by atoms with Gasteiger partial charge in [-0.15, -0.1) is 0 Å². The maximum absolute atomic E-state index is 14.7. The number of rotatable bonds is 4. The highest BCUT2D eigenvalue weighted by Crippen LogP contribution is 2.41. The molecule has 1 saturated heterocycles. The van der Waals surface area contributed by atoms with Gasteiger partial charge in [0.1, 0.15) is 17.3 Å². The maximum Gasteiger partial charge on any atom is 0.267 e. The van der Waals surface area contributed by atoms with E-state index in [0.29, 0.717) is 17.9 Å². The molecule has 0 radical (unpaired) electrons. The molecule has 1 aromatic carbocycles. The molecule has 2 aliphatic heterocycles. The average molecular weight is 444 g/mol. The molecule has 2 N–H and O–H groups in total. The number of pyridine rings is 1. The molecule has 5 nitrogen and oxygen atoms in total. The Labute approximate surface area is 188 Å². The van der Waals surface area contributed by atoms with Crippen LogP contribution in [0.3, 0.4) is 0 Å². The van der Waals surface area contributed by atoms with Gasteiger partial charge in [-0.2, -0.15) is 0 Å². The van der Waals surface area contributed by atoms with Crippen LogP contribution in [0.2, 0.25) is 0 Å². The number of fused-ring (bicyclic) bond motifs is 1. The lowest BCUT2D eigenvalue weighted by Crippen LogP contribution is -2.51. The zero-order valence-corrected chi connectivity index (χ0v) is 19.2. The van der Waals surface area contributed by atoms with E-state index in [2.05, 4.69) is 37.6 Å². The van der Waals surface area contributed by atoms with Gasteiger partial charge in [0.25, 0.3) is 5.91 Å². The molecule has 4 rings (SSSR count). The number of nitrogens with zero attached hydrogens (tertiary/aromatic N) is 2. The van der Waals surface area contributed by atoms with Crippen LogP contribution < -0.4 is 5.73 Å². The second-order valence-corrected chi connectivity index (χ2v) is 10.1. The Morgan fingerprint density at radius 1 is 1.22 bits per heavy atom. The van der Waals surface area contributed by atoms with Crippen LogP contribution in [-0.2, 0) is 16.7 Å². The molecule has 1 aromatic heterocycles. The van der Waals surface area contributed by atoms with Crippen molar-refractivity contribution < 1.29 is 18.3 Å². The van der Waals surface area contributed by atoms with Crippen LogP contribution in [0.4, 0.5) is 8.78 Å². The van der Waals surface area contributed by atoms with Crippen molar-refractivity contribution in [2.75, 3.05) is 19.7 Å². The number of halogens is 2. The molecule has 2 aromatic rings. The lowest BCUT2D eigenvalue weighted by molar-refractivity contribution is -0.0820. The molecule has 0 aliphatic carbocycles. The molecular formula is C25H31F2N3O2. The molecule has 1 amide bonds.